The average Bonchev–Trinajstić information content (AvgIpc) is 3.23. The monoisotopic (exact) mass is 471 g/mol. The van der Waals surface area contributed by atoms with Crippen molar-refractivity contribution in [3.05, 3.63) is 39.5 Å². The van der Waals surface area contributed by atoms with Crippen molar-refractivity contribution < 1.29 is 17.9 Å². The molecule has 2 aromatic heterocycles. The number of ether oxygens (including phenoxy) is 1. The van der Waals surface area contributed by atoms with Gasteiger partial charge >= 0.3 is 0 Å². The quantitative estimate of drug-likeness (QED) is 0.603. The summed E-state index contributed by atoms with van der Waals surface area (Å²) in [5.74, 6) is 0.372. The number of thiazole rings is 1. The molecule has 4 rings (SSSR count). The first-order valence-corrected chi connectivity index (χ1v) is 11.2. The van der Waals surface area contributed by atoms with E-state index in [2.05, 4.69) is 31.0 Å². The van der Waals surface area contributed by atoms with E-state index in [9.17, 15) is 13.2 Å². The van der Waals surface area contributed by atoms with Crippen LogP contribution in [0, 0.1) is 0 Å². The molecule has 0 bridgehead atoms. The zero-order valence-corrected chi connectivity index (χ0v) is 16.9. The van der Waals surface area contributed by atoms with Gasteiger partial charge in [-0.3, -0.25) is 9.52 Å². The van der Waals surface area contributed by atoms with Crippen molar-refractivity contribution in [2.24, 2.45) is 0 Å². The molecule has 0 saturated carbocycles. The predicted octanol–water partition coefficient (Wildman–Crippen LogP) is 3.77. The Hall–Kier alpha value is -1.95. The maximum atomic E-state index is 12.4. The Kier molecular flexibility index (Phi) is 4.47. The first-order valence-electron chi connectivity index (χ1n) is 7.21. The topological polar surface area (TPSA) is 97.4 Å². The number of hydrogen-bond acceptors (Lipinski definition) is 7. The summed E-state index contributed by atoms with van der Waals surface area (Å²) in [6.45, 7) is -0.00614. The normalized spacial score (nSPS) is 13.7. The smallest absolute Gasteiger partial charge is 0.273 e. The Bertz CT molecular complexity index is 1110. The summed E-state index contributed by atoms with van der Waals surface area (Å²) in [6.07, 6.45) is 0. The molecule has 3 heterocycles. The standard InChI is InChI=1S/C15H10BrN3O4S3/c16-12-3-4-14(25-12)26(21,22)19-15-18-10(7-24-15)8-1-2-11-9(5-8)17-13(20)6-23-11/h1-5,7H,6H2,(H,17,20)(H,18,19). The van der Waals surface area contributed by atoms with Crippen molar-refractivity contribution in [1.82, 2.24) is 4.98 Å². The van der Waals surface area contributed by atoms with Crippen molar-refractivity contribution in [1.29, 1.82) is 0 Å². The molecule has 3 aromatic rings. The van der Waals surface area contributed by atoms with Crippen LogP contribution in [0.5, 0.6) is 5.75 Å². The molecular formula is C15H10BrN3O4S3. The molecule has 7 nitrogen and oxygen atoms in total. The molecule has 1 aromatic carbocycles. The lowest BCUT2D eigenvalue weighted by Gasteiger charge is -2.18. The van der Waals surface area contributed by atoms with Crippen molar-refractivity contribution >= 4 is 65.4 Å². The van der Waals surface area contributed by atoms with Crippen LogP contribution < -0.4 is 14.8 Å². The van der Waals surface area contributed by atoms with Crippen LogP contribution in [0.15, 0.2) is 43.7 Å². The van der Waals surface area contributed by atoms with Crippen molar-refractivity contribution in [2.75, 3.05) is 16.6 Å². The lowest BCUT2D eigenvalue weighted by Crippen LogP contribution is -2.25. The molecule has 1 aliphatic heterocycles. The molecule has 0 saturated heterocycles. The maximum absolute atomic E-state index is 12.4. The number of rotatable bonds is 4. The molecule has 26 heavy (non-hydrogen) atoms. The van der Waals surface area contributed by atoms with Crippen LogP contribution in [0.2, 0.25) is 0 Å². The highest BCUT2D eigenvalue weighted by Gasteiger charge is 2.20. The van der Waals surface area contributed by atoms with Gasteiger partial charge in [-0.25, -0.2) is 13.4 Å². The van der Waals surface area contributed by atoms with Gasteiger partial charge in [-0.1, -0.05) is 0 Å². The first-order chi connectivity index (χ1) is 12.4. The molecule has 0 aliphatic carbocycles. The number of benzene rings is 1. The summed E-state index contributed by atoms with van der Waals surface area (Å²) in [7, 11) is -3.67. The molecule has 1 aliphatic rings. The molecular weight excluding hydrogens is 462 g/mol. The van der Waals surface area contributed by atoms with E-state index in [1.165, 1.54) is 17.4 Å². The second-order valence-electron chi connectivity index (χ2n) is 5.25. The minimum absolute atomic E-state index is 0.00614. The molecule has 0 atom stereocenters. The molecule has 11 heteroatoms. The van der Waals surface area contributed by atoms with Crippen molar-refractivity contribution in [2.45, 2.75) is 4.21 Å². The highest BCUT2D eigenvalue weighted by atomic mass is 79.9. The number of sulfonamides is 1. The van der Waals surface area contributed by atoms with E-state index >= 15 is 0 Å². The number of thiophene rings is 1. The van der Waals surface area contributed by atoms with Crippen LogP contribution in [0.25, 0.3) is 11.3 Å². The lowest BCUT2D eigenvalue weighted by molar-refractivity contribution is -0.118. The second-order valence-corrected chi connectivity index (χ2v) is 10.5. The van der Waals surface area contributed by atoms with Gasteiger partial charge in [0.25, 0.3) is 15.9 Å². The molecule has 0 fully saturated rings. The number of halogens is 1. The highest BCUT2D eigenvalue weighted by Crippen LogP contribution is 2.34. The minimum atomic E-state index is -3.67. The van der Waals surface area contributed by atoms with E-state index in [4.69, 9.17) is 4.74 Å². The zero-order chi connectivity index (χ0) is 18.3. The minimum Gasteiger partial charge on any atom is -0.482 e. The van der Waals surface area contributed by atoms with Crippen LogP contribution in [0.4, 0.5) is 10.8 Å². The molecule has 0 unspecified atom stereocenters. The summed E-state index contributed by atoms with van der Waals surface area (Å²) in [5.41, 5.74) is 1.91. The second kappa shape index (κ2) is 6.65. The fourth-order valence-corrected chi connectivity index (χ4v) is 6.29. The Balaban J connectivity index is 1.59. The van der Waals surface area contributed by atoms with E-state index < -0.39 is 10.0 Å². The third-order valence-electron chi connectivity index (χ3n) is 3.45. The Labute approximate surface area is 165 Å². The molecule has 134 valence electrons. The summed E-state index contributed by atoms with van der Waals surface area (Å²) in [5, 5.41) is 4.75. The largest absolute Gasteiger partial charge is 0.482 e. The lowest BCUT2D eigenvalue weighted by atomic mass is 10.1. The van der Waals surface area contributed by atoms with E-state index in [0.717, 1.165) is 20.7 Å². The van der Waals surface area contributed by atoms with Gasteiger partial charge in [0.05, 0.1) is 15.2 Å². The van der Waals surface area contributed by atoms with Gasteiger partial charge in [0.2, 0.25) is 0 Å². The SMILES string of the molecule is O=C1COc2ccc(-c3csc(NS(=O)(=O)c4ccc(Br)s4)n3)cc2N1. The average molecular weight is 472 g/mol. The van der Waals surface area contributed by atoms with E-state index in [1.807, 2.05) is 0 Å². The third kappa shape index (κ3) is 3.47. The number of anilines is 2. The Morgan fingerprint density at radius 3 is 2.88 bits per heavy atom. The highest BCUT2D eigenvalue weighted by molar-refractivity contribution is 9.11. The van der Waals surface area contributed by atoms with E-state index in [0.29, 0.717) is 17.1 Å². The number of fused-ring (bicyclic) bond motifs is 1. The first kappa shape index (κ1) is 17.5. The summed E-state index contributed by atoms with van der Waals surface area (Å²) in [4.78, 5) is 15.8. The Morgan fingerprint density at radius 1 is 1.27 bits per heavy atom. The van der Waals surface area contributed by atoms with Gasteiger partial charge in [-0.15, -0.1) is 22.7 Å². The fraction of sp³-hybridized carbons (Fsp3) is 0.0667. The van der Waals surface area contributed by atoms with Crippen LogP contribution in [0.3, 0.4) is 0 Å². The van der Waals surface area contributed by atoms with Gasteiger partial charge in [0.1, 0.15) is 9.96 Å². The van der Waals surface area contributed by atoms with E-state index in [1.54, 1.807) is 29.6 Å². The number of hydrogen-bond donors (Lipinski definition) is 2. The number of carbonyl (C=O) groups is 1. The summed E-state index contributed by atoms with van der Waals surface area (Å²) >= 11 is 5.56. The molecule has 2 N–H and O–H groups in total. The number of carbonyl (C=O) groups excluding carboxylic acids is 1. The van der Waals surface area contributed by atoms with Gasteiger partial charge in [0, 0.05) is 10.9 Å². The maximum Gasteiger partial charge on any atom is 0.273 e. The van der Waals surface area contributed by atoms with Crippen molar-refractivity contribution in [3.63, 3.8) is 0 Å². The van der Waals surface area contributed by atoms with Crippen LogP contribution in [-0.4, -0.2) is 25.9 Å². The third-order valence-corrected chi connectivity index (χ3v) is 7.79. The fourth-order valence-electron chi connectivity index (χ4n) is 2.30. The summed E-state index contributed by atoms with van der Waals surface area (Å²) < 4.78 is 33.5. The number of nitrogens with zero attached hydrogens (tertiary/aromatic N) is 1. The van der Waals surface area contributed by atoms with Gasteiger partial charge in [0.15, 0.2) is 11.7 Å². The zero-order valence-electron chi connectivity index (χ0n) is 12.9. The molecule has 0 radical (unpaired) electrons. The van der Waals surface area contributed by atoms with E-state index in [-0.39, 0.29) is 21.9 Å². The number of aromatic nitrogens is 1. The van der Waals surface area contributed by atoms with Crippen molar-refractivity contribution in [3.8, 4) is 17.0 Å². The van der Waals surface area contributed by atoms with Gasteiger partial charge in [-0.05, 0) is 46.3 Å². The molecule has 1 amide bonds. The van der Waals surface area contributed by atoms with Crippen LogP contribution in [0.1, 0.15) is 0 Å². The van der Waals surface area contributed by atoms with Gasteiger partial charge in [-0.2, -0.15) is 0 Å². The predicted molar refractivity (Wildman–Crippen MR) is 105 cm³/mol. The molecule has 0 spiro atoms. The van der Waals surface area contributed by atoms with Crippen LogP contribution in [-0.2, 0) is 14.8 Å². The number of amides is 1. The van der Waals surface area contributed by atoms with Gasteiger partial charge < -0.3 is 10.1 Å². The Morgan fingerprint density at radius 2 is 2.12 bits per heavy atom. The summed E-state index contributed by atoms with van der Waals surface area (Å²) in [6, 6.07) is 8.50. The number of nitrogens with one attached hydrogen (secondary N) is 2. The van der Waals surface area contributed by atoms with Crippen LogP contribution >= 0.6 is 38.6 Å².